The summed E-state index contributed by atoms with van der Waals surface area (Å²) in [4.78, 5) is 26.3. The average molecular weight is 656 g/mol. The number of hydrogen-bond acceptors (Lipinski definition) is 5. The van der Waals surface area contributed by atoms with Gasteiger partial charge in [-0.1, -0.05) is 66.7 Å². The number of alkyl carbamates (subject to hydrolysis) is 1. The molecule has 1 saturated carbocycles. The van der Waals surface area contributed by atoms with E-state index in [0.717, 1.165) is 59.4 Å². The van der Waals surface area contributed by atoms with Gasteiger partial charge in [-0.3, -0.25) is 4.90 Å². The molecular weight excluding hydrogens is 602 g/mol. The van der Waals surface area contributed by atoms with Gasteiger partial charge in [0.15, 0.2) is 0 Å². The number of carbonyl (C=O) groups excluding carboxylic acids is 1. The van der Waals surface area contributed by atoms with E-state index in [1.54, 1.807) is 4.90 Å². The number of benzene rings is 3. The molecule has 3 aromatic rings. The second-order valence-corrected chi connectivity index (χ2v) is 14.6. The highest BCUT2D eigenvalue weighted by Gasteiger charge is 2.32. The summed E-state index contributed by atoms with van der Waals surface area (Å²) in [5, 5.41) is 17.0. The van der Waals surface area contributed by atoms with Crippen LogP contribution in [0.5, 0.6) is 5.75 Å². The van der Waals surface area contributed by atoms with E-state index in [1.807, 2.05) is 99.6 Å². The van der Waals surface area contributed by atoms with Crippen LogP contribution < -0.4 is 20.3 Å². The van der Waals surface area contributed by atoms with Crippen molar-refractivity contribution in [1.82, 2.24) is 10.6 Å². The van der Waals surface area contributed by atoms with Crippen molar-refractivity contribution in [2.45, 2.75) is 103 Å². The third-order valence-electron chi connectivity index (χ3n) is 8.14. The lowest BCUT2D eigenvalue weighted by atomic mass is 9.88. The van der Waals surface area contributed by atoms with Crippen LogP contribution in [0.2, 0.25) is 0 Å². The van der Waals surface area contributed by atoms with Gasteiger partial charge in [-0.15, -0.1) is 0 Å². The minimum Gasteiger partial charge on any atom is -0.493 e. The molecule has 48 heavy (non-hydrogen) atoms. The third-order valence-corrected chi connectivity index (χ3v) is 8.14. The number of ether oxygens (including phenoxy) is 2. The molecule has 0 aliphatic heterocycles. The van der Waals surface area contributed by atoms with E-state index in [2.05, 4.69) is 37.5 Å². The lowest BCUT2D eigenvalue weighted by Gasteiger charge is -2.38. The zero-order valence-corrected chi connectivity index (χ0v) is 29.4. The maximum Gasteiger partial charge on any atom is 0.412 e. The van der Waals surface area contributed by atoms with Crippen molar-refractivity contribution in [3.8, 4) is 16.9 Å². The fourth-order valence-corrected chi connectivity index (χ4v) is 6.10. The summed E-state index contributed by atoms with van der Waals surface area (Å²) in [5.41, 5.74) is 4.19. The molecule has 0 atom stereocenters. The molecule has 1 aliphatic rings. The van der Waals surface area contributed by atoms with Crippen molar-refractivity contribution in [2.24, 2.45) is 0 Å². The van der Waals surface area contributed by atoms with E-state index in [-0.39, 0.29) is 11.6 Å². The van der Waals surface area contributed by atoms with Gasteiger partial charge in [0, 0.05) is 29.7 Å². The van der Waals surface area contributed by atoms with Crippen molar-refractivity contribution in [2.75, 3.05) is 18.1 Å². The molecule has 4 rings (SSSR count). The summed E-state index contributed by atoms with van der Waals surface area (Å²) in [6, 6.07) is 24.3. The van der Waals surface area contributed by atoms with Crippen LogP contribution in [0.1, 0.15) is 84.8 Å². The summed E-state index contributed by atoms with van der Waals surface area (Å²) >= 11 is 0. The molecular formula is C40H53N3O5. The number of nitrogens with zero attached hydrogens (tertiary/aromatic N) is 1. The van der Waals surface area contributed by atoms with Gasteiger partial charge in [-0.25, -0.2) is 9.59 Å². The summed E-state index contributed by atoms with van der Waals surface area (Å²) in [7, 11) is 0. The third kappa shape index (κ3) is 11.7. The molecule has 0 saturated heterocycles. The largest absolute Gasteiger partial charge is 0.493 e. The van der Waals surface area contributed by atoms with Crippen molar-refractivity contribution >= 4 is 23.9 Å². The number of rotatable bonds is 12. The monoisotopic (exact) mass is 655 g/mol. The smallest absolute Gasteiger partial charge is 0.412 e. The molecule has 1 aliphatic carbocycles. The number of hydrogen-bond donors (Lipinski definition) is 3. The summed E-state index contributed by atoms with van der Waals surface area (Å²) < 4.78 is 11.2. The fraction of sp³-hybridized carbons (Fsp3) is 0.450. The van der Waals surface area contributed by atoms with Crippen LogP contribution in [0.3, 0.4) is 0 Å². The molecule has 0 aromatic heterocycles. The Bertz CT molecular complexity index is 1500. The van der Waals surface area contributed by atoms with Crippen molar-refractivity contribution in [3.63, 3.8) is 0 Å². The second kappa shape index (κ2) is 16.7. The topological polar surface area (TPSA) is 100 Å². The molecule has 8 heteroatoms. The number of carboxylic acid groups (broad SMARTS) is 1. The van der Waals surface area contributed by atoms with E-state index in [1.165, 1.54) is 0 Å². The van der Waals surface area contributed by atoms with Crippen LogP contribution in [0.15, 0.2) is 78.9 Å². The molecule has 3 N–H and O–H groups in total. The Morgan fingerprint density at radius 3 is 2.23 bits per heavy atom. The van der Waals surface area contributed by atoms with E-state index < -0.39 is 17.8 Å². The van der Waals surface area contributed by atoms with E-state index >= 15 is 0 Å². The SMILES string of the molecule is CC(C)(C)NC1CCC(N(C(=O)O)c2cc(C=CCCOc3ccc(CCNC(=O)OC(C)(C)C)cc3)ccc2-c2ccccc2)CC1. The Balaban J connectivity index is 1.36. The van der Waals surface area contributed by atoms with Gasteiger partial charge in [0.25, 0.3) is 0 Å². The van der Waals surface area contributed by atoms with Gasteiger partial charge in [0.2, 0.25) is 0 Å². The predicted molar refractivity (Wildman–Crippen MR) is 195 cm³/mol. The molecule has 3 aromatic carbocycles. The van der Waals surface area contributed by atoms with Crippen molar-refractivity contribution in [1.29, 1.82) is 0 Å². The first-order valence-electron chi connectivity index (χ1n) is 17.1. The lowest BCUT2D eigenvalue weighted by Crippen LogP contribution is -2.49. The minimum absolute atomic E-state index is 0.0320. The molecule has 0 bridgehead atoms. The van der Waals surface area contributed by atoms with E-state index in [0.29, 0.717) is 32.0 Å². The molecule has 0 unspecified atom stereocenters. The first kappa shape index (κ1) is 36.5. The van der Waals surface area contributed by atoms with Gasteiger partial charge in [0.1, 0.15) is 11.4 Å². The summed E-state index contributed by atoms with van der Waals surface area (Å²) in [5.74, 6) is 0.784. The Hall–Kier alpha value is -4.30. The van der Waals surface area contributed by atoms with Crippen molar-refractivity contribution < 1.29 is 24.2 Å². The Kier molecular flexibility index (Phi) is 12.7. The van der Waals surface area contributed by atoms with E-state index in [9.17, 15) is 14.7 Å². The number of anilines is 1. The standard InChI is InChI=1S/C40H53N3O5/c1-39(2,3)42-32-18-20-33(21-19-32)43(38(45)46)36-28-30(17-24-35(36)31-13-8-7-9-14-31)12-10-11-27-47-34-22-15-29(16-23-34)25-26-41-37(44)48-40(4,5)6/h7-10,12-17,22-24,28,32-33,42H,11,18-21,25-27H2,1-6H3,(H,41,44)(H,45,46). The Labute approximate surface area is 286 Å². The Morgan fingerprint density at radius 2 is 1.60 bits per heavy atom. The Morgan fingerprint density at radius 1 is 0.917 bits per heavy atom. The average Bonchev–Trinajstić information content (AvgIpc) is 3.01. The van der Waals surface area contributed by atoms with Crippen LogP contribution in [-0.2, 0) is 11.2 Å². The maximum atomic E-state index is 12.8. The van der Waals surface area contributed by atoms with Crippen LogP contribution in [0, 0.1) is 0 Å². The summed E-state index contributed by atoms with van der Waals surface area (Å²) in [6.45, 7) is 13.1. The van der Waals surface area contributed by atoms with Gasteiger partial charge in [-0.2, -0.15) is 0 Å². The van der Waals surface area contributed by atoms with Crippen molar-refractivity contribution in [3.05, 3.63) is 90.0 Å². The number of carbonyl (C=O) groups is 2. The highest BCUT2D eigenvalue weighted by molar-refractivity contribution is 5.94. The minimum atomic E-state index is -0.917. The molecule has 2 amide bonds. The normalized spacial score (nSPS) is 16.8. The van der Waals surface area contributed by atoms with Crippen LogP contribution >= 0.6 is 0 Å². The van der Waals surface area contributed by atoms with Crippen LogP contribution in [-0.4, -0.2) is 53.7 Å². The zero-order chi connectivity index (χ0) is 34.7. The molecule has 258 valence electrons. The van der Waals surface area contributed by atoms with Gasteiger partial charge < -0.3 is 25.2 Å². The van der Waals surface area contributed by atoms with E-state index in [4.69, 9.17) is 9.47 Å². The first-order valence-corrected chi connectivity index (χ1v) is 17.1. The zero-order valence-electron chi connectivity index (χ0n) is 29.4. The fourth-order valence-electron chi connectivity index (χ4n) is 6.10. The molecule has 0 spiro atoms. The number of nitrogens with one attached hydrogen (secondary N) is 2. The number of amides is 2. The van der Waals surface area contributed by atoms with Gasteiger partial charge in [0.05, 0.1) is 12.3 Å². The molecule has 0 radical (unpaired) electrons. The first-order chi connectivity index (χ1) is 22.8. The highest BCUT2D eigenvalue weighted by Crippen LogP contribution is 2.37. The van der Waals surface area contributed by atoms with Gasteiger partial charge >= 0.3 is 12.2 Å². The highest BCUT2D eigenvalue weighted by atomic mass is 16.6. The predicted octanol–water partition coefficient (Wildman–Crippen LogP) is 9.09. The maximum absolute atomic E-state index is 12.8. The van der Waals surface area contributed by atoms with Crippen LogP contribution in [0.25, 0.3) is 17.2 Å². The lowest BCUT2D eigenvalue weighted by molar-refractivity contribution is 0.0528. The molecule has 1 fully saturated rings. The second-order valence-electron chi connectivity index (χ2n) is 14.6. The summed E-state index contributed by atoms with van der Waals surface area (Å²) in [6.07, 6.45) is 7.68. The molecule has 0 heterocycles. The quantitative estimate of drug-likeness (QED) is 0.168. The van der Waals surface area contributed by atoms with Gasteiger partial charge in [-0.05, 0) is 115 Å². The van der Waals surface area contributed by atoms with Crippen LogP contribution in [0.4, 0.5) is 15.3 Å². The molecule has 8 nitrogen and oxygen atoms in total.